The van der Waals surface area contributed by atoms with Gasteiger partial charge in [-0.15, -0.1) is 0 Å². The van der Waals surface area contributed by atoms with Crippen LogP contribution < -0.4 is 5.32 Å². The Hall–Kier alpha value is -3.48. The predicted molar refractivity (Wildman–Crippen MR) is 105 cm³/mol. The van der Waals surface area contributed by atoms with Crippen LogP contribution in [0.25, 0.3) is 0 Å². The van der Waals surface area contributed by atoms with Gasteiger partial charge in [-0.2, -0.15) is 0 Å². The minimum atomic E-state index is -0.966. The number of nitrogens with zero attached hydrogens (tertiary/aromatic N) is 1. The zero-order chi connectivity index (χ0) is 20.6. The minimum Gasteiger partial charge on any atom is -0.454 e. The molecular weight excluding hydrogens is 372 g/mol. The lowest BCUT2D eigenvalue weighted by Crippen LogP contribution is -2.44. The van der Waals surface area contributed by atoms with Gasteiger partial charge in [-0.1, -0.05) is 48.5 Å². The first-order chi connectivity index (χ1) is 14.0. The van der Waals surface area contributed by atoms with E-state index in [2.05, 4.69) is 5.32 Å². The second-order valence-corrected chi connectivity index (χ2v) is 6.73. The standard InChI is InChI=1S/C22H22N2O5/c25-19-12-7-13-24(19)20(26)15-29-22(28)18(14-16-8-3-1-4-9-16)23-21(27)17-10-5-2-6-11-17/h1-6,8-11,18H,7,12-15H2,(H,23,27)/t18-/m0/s1. The van der Waals surface area contributed by atoms with E-state index >= 15 is 0 Å². The van der Waals surface area contributed by atoms with Crippen molar-refractivity contribution in [3.8, 4) is 0 Å². The van der Waals surface area contributed by atoms with Gasteiger partial charge < -0.3 is 10.1 Å². The third kappa shape index (κ3) is 5.51. The van der Waals surface area contributed by atoms with Crippen LogP contribution in [-0.2, 0) is 25.5 Å². The fourth-order valence-corrected chi connectivity index (χ4v) is 3.10. The molecule has 7 nitrogen and oxygen atoms in total. The van der Waals surface area contributed by atoms with Crippen LogP contribution in [0.1, 0.15) is 28.8 Å². The monoisotopic (exact) mass is 394 g/mol. The normalized spacial score (nSPS) is 14.3. The van der Waals surface area contributed by atoms with Crippen molar-refractivity contribution in [3.63, 3.8) is 0 Å². The quantitative estimate of drug-likeness (QED) is 0.722. The molecular formula is C22H22N2O5. The molecule has 0 spiro atoms. The van der Waals surface area contributed by atoms with Gasteiger partial charge in [0.15, 0.2) is 6.61 Å². The van der Waals surface area contributed by atoms with Gasteiger partial charge in [-0.25, -0.2) is 4.79 Å². The summed E-state index contributed by atoms with van der Waals surface area (Å²) in [5, 5.41) is 2.68. The smallest absolute Gasteiger partial charge is 0.329 e. The first-order valence-corrected chi connectivity index (χ1v) is 9.44. The zero-order valence-electron chi connectivity index (χ0n) is 15.9. The molecule has 0 radical (unpaired) electrons. The highest BCUT2D eigenvalue weighted by Gasteiger charge is 2.29. The largest absolute Gasteiger partial charge is 0.454 e. The Kier molecular flexibility index (Phi) is 6.73. The average molecular weight is 394 g/mol. The first-order valence-electron chi connectivity index (χ1n) is 9.44. The molecule has 1 atom stereocenters. The molecule has 1 fully saturated rings. The van der Waals surface area contributed by atoms with Gasteiger partial charge in [0.2, 0.25) is 5.91 Å². The van der Waals surface area contributed by atoms with Crippen LogP contribution in [0.5, 0.6) is 0 Å². The second-order valence-electron chi connectivity index (χ2n) is 6.73. The number of benzene rings is 2. The Balaban J connectivity index is 1.66. The molecule has 1 heterocycles. The van der Waals surface area contributed by atoms with Gasteiger partial charge in [0.25, 0.3) is 11.8 Å². The van der Waals surface area contributed by atoms with E-state index in [4.69, 9.17) is 4.74 Å². The van der Waals surface area contributed by atoms with Crippen molar-refractivity contribution in [2.75, 3.05) is 13.2 Å². The maximum Gasteiger partial charge on any atom is 0.329 e. The van der Waals surface area contributed by atoms with Crippen molar-refractivity contribution in [2.24, 2.45) is 0 Å². The summed E-state index contributed by atoms with van der Waals surface area (Å²) >= 11 is 0. The lowest BCUT2D eigenvalue weighted by atomic mass is 10.1. The highest BCUT2D eigenvalue weighted by molar-refractivity contribution is 5.99. The number of carbonyl (C=O) groups excluding carboxylic acids is 4. The second kappa shape index (κ2) is 9.64. The average Bonchev–Trinajstić information content (AvgIpc) is 3.18. The fourth-order valence-electron chi connectivity index (χ4n) is 3.10. The summed E-state index contributed by atoms with van der Waals surface area (Å²) in [6.45, 7) is -0.190. The van der Waals surface area contributed by atoms with Gasteiger partial charge in [0, 0.05) is 24.9 Å². The molecule has 0 aliphatic carbocycles. The number of nitrogens with one attached hydrogen (secondary N) is 1. The topological polar surface area (TPSA) is 92.8 Å². The number of amides is 3. The van der Waals surface area contributed by atoms with Crippen LogP contribution >= 0.6 is 0 Å². The Morgan fingerprint density at radius 1 is 1.00 bits per heavy atom. The van der Waals surface area contributed by atoms with E-state index in [9.17, 15) is 19.2 Å². The van der Waals surface area contributed by atoms with Gasteiger partial charge in [0.05, 0.1) is 0 Å². The third-order valence-electron chi connectivity index (χ3n) is 4.62. The van der Waals surface area contributed by atoms with E-state index in [1.165, 1.54) is 0 Å². The van der Waals surface area contributed by atoms with Crippen LogP contribution in [0.2, 0.25) is 0 Å². The molecule has 1 aliphatic rings. The zero-order valence-corrected chi connectivity index (χ0v) is 15.9. The molecule has 150 valence electrons. The van der Waals surface area contributed by atoms with Crippen LogP contribution in [-0.4, -0.2) is 47.8 Å². The van der Waals surface area contributed by atoms with E-state index in [1.54, 1.807) is 30.3 Å². The van der Waals surface area contributed by atoms with E-state index in [0.717, 1.165) is 10.5 Å². The molecule has 3 rings (SSSR count). The third-order valence-corrected chi connectivity index (χ3v) is 4.62. The van der Waals surface area contributed by atoms with Gasteiger partial charge in [-0.3, -0.25) is 19.3 Å². The molecule has 1 saturated heterocycles. The lowest BCUT2D eigenvalue weighted by Gasteiger charge is -2.19. The maximum absolute atomic E-state index is 12.6. The van der Waals surface area contributed by atoms with Crippen molar-refractivity contribution in [3.05, 3.63) is 71.8 Å². The number of rotatable bonds is 7. The Labute approximate surface area is 168 Å². The van der Waals surface area contributed by atoms with Crippen molar-refractivity contribution >= 4 is 23.7 Å². The Morgan fingerprint density at radius 2 is 1.66 bits per heavy atom. The van der Waals surface area contributed by atoms with Crippen molar-refractivity contribution in [2.45, 2.75) is 25.3 Å². The molecule has 0 saturated carbocycles. The SMILES string of the molecule is O=C(N[C@@H](Cc1ccccc1)C(=O)OCC(=O)N1CCCC1=O)c1ccccc1. The predicted octanol–water partition coefficient (Wildman–Crippen LogP) is 1.72. The van der Waals surface area contributed by atoms with Crippen LogP contribution in [0.3, 0.4) is 0 Å². The van der Waals surface area contributed by atoms with Crippen molar-refractivity contribution < 1.29 is 23.9 Å². The number of esters is 1. The summed E-state index contributed by atoms with van der Waals surface area (Å²) in [6.07, 6.45) is 1.15. The maximum atomic E-state index is 12.6. The number of ether oxygens (including phenoxy) is 1. The number of imide groups is 1. The van der Waals surface area contributed by atoms with Crippen LogP contribution in [0.15, 0.2) is 60.7 Å². The summed E-state index contributed by atoms with van der Waals surface area (Å²) in [5.41, 5.74) is 1.25. The van der Waals surface area contributed by atoms with E-state index in [1.807, 2.05) is 30.3 Å². The van der Waals surface area contributed by atoms with Gasteiger partial charge in [0.1, 0.15) is 6.04 Å². The Morgan fingerprint density at radius 3 is 2.28 bits per heavy atom. The molecule has 7 heteroatoms. The highest BCUT2D eigenvalue weighted by atomic mass is 16.5. The summed E-state index contributed by atoms with van der Waals surface area (Å²) in [4.78, 5) is 50.0. The molecule has 2 aromatic carbocycles. The number of carbonyl (C=O) groups is 4. The Bertz CT molecular complexity index is 883. The van der Waals surface area contributed by atoms with E-state index < -0.39 is 30.4 Å². The highest BCUT2D eigenvalue weighted by Crippen LogP contribution is 2.11. The number of likely N-dealkylation sites (tertiary alicyclic amines) is 1. The van der Waals surface area contributed by atoms with E-state index in [-0.39, 0.29) is 12.3 Å². The molecule has 29 heavy (non-hydrogen) atoms. The van der Waals surface area contributed by atoms with Gasteiger partial charge >= 0.3 is 5.97 Å². The molecule has 0 bridgehead atoms. The number of hydrogen-bond donors (Lipinski definition) is 1. The lowest BCUT2D eigenvalue weighted by molar-refractivity contribution is -0.155. The first kappa shape index (κ1) is 20.3. The van der Waals surface area contributed by atoms with Crippen LogP contribution in [0, 0.1) is 0 Å². The van der Waals surface area contributed by atoms with Crippen molar-refractivity contribution in [1.82, 2.24) is 10.2 Å². The molecule has 3 amide bonds. The van der Waals surface area contributed by atoms with E-state index in [0.29, 0.717) is 24.9 Å². The fraction of sp³-hybridized carbons (Fsp3) is 0.273. The summed E-state index contributed by atoms with van der Waals surface area (Å²) in [7, 11) is 0. The van der Waals surface area contributed by atoms with Crippen LogP contribution in [0.4, 0.5) is 0 Å². The molecule has 0 aromatic heterocycles. The summed E-state index contributed by atoms with van der Waals surface area (Å²) in [6, 6.07) is 16.8. The van der Waals surface area contributed by atoms with Gasteiger partial charge in [-0.05, 0) is 24.1 Å². The summed E-state index contributed by atoms with van der Waals surface area (Å²) < 4.78 is 5.14. The molecule has 2 aromatic rings. The summed E-state index contributed by atoms with van der Waals surface area (Å²) in [5.74, 6) is -1.94. The minimum absolute atomic E-state index is 0.217. The molecule has 1 aliphatic heterocycles. The number of hydrogen-bond acceptors (Lipinski definition) is 5. The molecule has 1 N–H and O–H groups in total. The molecule has 0 unspecified atom stereocenters. The van der Waals surface area contributed by atoms with Crippen molar-refractivity contribution in [1.29, 1.82) is 0 Å².